The molecule has 0 aliphatic carbocycles. The van der Waals surface area contributed by atoms with Gasteiger partial charge < -0.3 is 25.0 Å². The smallest absolute Gasteiger partial charge is 0.341 e. The van der Waals surface area contributed by atoms with Crippen molar-refractivity contribution in [3.05, 3.63) is 123 Å². The Morgan fingerprint density at radius 1 is 0.958 bits per heavy atom. The van der Waals surface area contributed by atoms with Crippen LogP contribution < -0.4 is 10.5 Å². The minimum atomic E-state index is -0.539. The first kappa shape index (κ1) is 35.7. The van der Waals surface area contributed by atoms with E-state index in [4.69, 9.17) is 13.1 Å². The number of carbonyl (C=O) groups excluding carboxylic acids is 1. The second-order valence-corrected chi connectivity index (χ2v) is 12.0. The van der Waals surface area contributed by atoms with Gasteiger partial charge in [0.1, 0.15) is 11.6 Å². The number of anilines is 1. The summed E-state index contributed by atoms with van der Waals surface area (Å²) in [6, 6.07) is 18.8. The average molecular weight is 639 g/mol. The number of H-pyrrole nitrogens is 1. The standard InChI is InChI=1S/C17H16N6O.C17H15N6O/c2*1-17(2,3)14-12(10-18)15(21-20-14)22-23-16(19-4)13(24)11-8-6-5-7-9-11/h5-9H,1-3H3,(H2,20,21,22);5-9,24H,1-3H3/q;-1/p-1/b;16-13-,23-22?. The molecule has 1 aliphatic rings. The highest BCUT2D eigenvalue weighted by Crippen LogP contribution is 2.28. The van der Waals surface area contributed by atoms with Crippen molar-refractivity contribution in [3.8, 4) is 6.07 Å². The molecular formula is C34H30N12O2-2. The number of carbonyl (C=O) groups is 1. The minimum Gasteiger partial charge on any atom is -0.879 e. The first-order valence-corrected chi connectivity index (χ1v) is 14.3. The van der Waals surface area contributed by atoms with Crippen molar-refractivity contribution in [2.45, 2.75) is 47.0 Å². The zero-order valence-corrected chi connectivity index (χ0v) is 27.1. The number of nitrogens with one attached hydrogen (secondary N) is 2. The van der Waals surface area contributed by atoms with Gasteiger partial charge in [-0.2, -0.15) is 20.9 Å². The van der Waals surface area contributed by atoms with E-state index in [1.807, 2.05) is 47.4 Å². The number of hydrogen-bond donors (Lipinski definition) is 2. The van der Waals surface area contributed by atoms with Crippen molar-refractivity contribution >= 4 is 40.6 Å². The molecule has 0 atom stereocenters. The zero-order valence-electron chi connectivity index (χ0n) is 27.1. The van der Waals surface area contributed by atoms with E-state index in [9.17, 15) is 20.6 Å². The first-order valence-electron chi connectivity index (χ1n) is 14.3. The molecule has 0 bridgehead atoms. The minimum absolute atomic E-state index is 0.00411. The van der Waals surface area contributed by atoms with E-state index in [2.05, 4.69) is 56.9 Å². The van der Waals surface area contributed by atoms with Gasteiger partial charge in [-0.25, -0.2) is 0 Å². The fraction of sp³-hybridized carbons (Fsp3) is 0.235. The number of aromatic nitrogens is 2. The quantitative estimate of drug-likeness (QED) is 0.0621. The number of benzene rings is 2. The molecule has 1 aromatic heterocycles. The van der Waals surface area contributed by atoms with Crippen LogP contribution in [0.5, 0.6) is 0 Å². The molecule has 0 amide bonds. The van der Waals surface area contributed by atoms with Crippen LogP contribution in [0, 0.1) is 29.9 Å². The van der Waals surface area contributed by atoms with Gasteiger partial charge >= 0.3 is 5.84 Å². The highest BCUT2D eigenvalue weighted by Gasteiger charge is 2.30. The molecule has 4 rings (SSSR count). The molecule has 14 nitrogen and oxygen atoms in total. The van der Waals surface area contributed by atoms with Crippen molar-refractivity contribution in [1.29, 1.82) is 5.26 Å². The van der Waals surface area contributed by atoms with Gasteiger partial charge in [-0.15, -0.1) is 5.10 Å². The highest BCUT2D eigenvalue weighted by atomic mass is 16.3. The number of ketones is 1. The number of nitriles is 1. The van der Waals surface area contributed by atoms with E-state index in [0.717, 1.165) is 0 Å². The Labute approximate surface area is 277 Å². The van der Waals surface area contributed by atoms with Crippen LogP contribution in [0.15, 0.2) is 97.6 Å². The molecule has 48 heavy (non-hydrogen) atoms. The van der Waals surface area contributed by atoms with Gasteiger partial charge in [-0.1, -0.05) is 121 Å². The second kappa shape index (κ2) is 15.5. The third-order valence-corrected chi connectivity index (χ3v) is 6.35. The summed E-state index contributed by atoms with van der Waals surface area (Å²) in [7, 11) is 0. The lowest BCUT2D eigenvalue weighted by molar-refractivity contribution is -0.244. The normalized spacial score (nSPS) is 13.5. The van der Waals surface area contributed by atoms with Gasteiger partial charge in [-0.3, -0.25) is 11.0 Å². The Kier molecular flexibility index (Phi) is 11.5. The average Bonchev–Trinajstić information content (AvgIpc) is 3.70. The molecule has 1 aliphatic heterocycles. The molecule has 3 aromatic rings. The summed E-state index contributed by atoms with van der Waals surface area (Å²) in [6.45, 7) is 25.8. The fourth-order valence-corrected chi connectivity index (χ4v) is 3.96. The van der Waals surface area contributed by atoms with Crippen LogP contribution in [-0.2, 0) is 5.41 Å². The molecule has 0 unspecified atom stereocenters. The van der Waals surface area contributed by atoms with Crippen molar-refractivity contribution < 1.29 is 9.90 Å². The third kappa shape index (κ3) is 8.67. The monoisotopic (exact) mass is 638 g/mol. The molecule has 0 saturated heterocycles. The van der Waals surface area contributed by atoms with E-state index in [1.165, 1.54) is 0 Å². The summed E-state index contributed by atoms with van der Waals surface area (Å²) in [5.74, 6) is 0.430. The highest BCUT2D eigenvalue weighted by molar-refractivity contribution is 6.48. The van der Waals surface area contributed by atoms with E-state index < -0.39 is 17.4 Å². The number of nitrogens with zero attached hydrogens (tertiary/aromatic N) is 10. The van der Waals surface area contributed by atoms with Crippen LogP contribution in [0.2, 0.25) is 0 Å². The van der Waals surface area contributed by atoms with Crippen molar-refractivity contribution in [1.82, 2.24) is 10.2 Å². The Morgan fingerprint density at radius 3 is 2.06 bits per heavy atom. The lowest BCUT2D eigenvalue weighted by Gasteiger charge is -2.18. The van der Waals surface area contributed by atoms with E-state index in [0.29, 0.717) is 28.1 Å². The fourth-order valence-electron chi connectivity index (χ4n) is 3.96. The molecule has 2 aromatic carbocycles. The first-order chi connectivity index (χ1) is 22.8. The summed E-state index contributed by atoms with van der Waals surface area (Å²) >= 11 is 0. The lowest BCUT2D eigenvalue weighted by Crippen LogP contribution is -2.23. The van der Waals surface area contributed by atoms with Crippen LogP contribution in [0.25, 0.3) is 20.9 Å². The number of rotatable bonds is 6. The topological polar surface area (TPSA) is 197 Å². The van der Waals surface area contributed by atoms with Crippen LogP contribution in [0.3, 0.4) is 0 Å². The van der Waals surface area contributed by atoms with E-state index in [-0.39, 0.29) is 33.9 Å². The predicted molar refractivity (Wildman–Crippen MR) is 181 cm³/mol. The number of aromatic amines is 1. The Bertz CT molecular complexity index is 2010. The summed E-state index contributed by atoms with van der Waals surface area (Å²) in [4.78, 5) is 18.5. The maximum atomic E-state index is 12.2. The summed E-state index contributed by atoms with van der Waals surface area (Å²) in [5, 5.41) is 56.7. The van der Waals surface area contributed by atoms with Crippen molar-refractivity contribution in [3.63, 3.8) is 0 Å². The van der Waals surface area contributed by atoms with Gasteiger partial charge in [0.15, 0.2) is 0 Å². The maximum Gasteiger partial charge on any atom is 0.341 e. The van der Waals surface area contributed by atoms with Crippen molar-refractivity contribution in [2.24, 2.45) is 30.9 Å². The van der Waals surface area contributed by atoms with Gasteiger partial charge in [-0.05, 0) is 20.9 Å². The Morgan fingerprint density at radius 2 is 1.56 bits per heavy atom. The predicted octanol–water partition coefficient (Wildman–Crippen LogP) is 6.13. The number of azo groups is 1. The zero-order chi connectivity index (χ0) is 35.5. The summed E-state index contributed by atoms with van der Waals surface area (Å²) in [6.07, 6.45) is 0. The molecule has 2 heterocycles. The summed E-state index contributed by atoms with van der Waals surface area (Å²) in [5.41, 5.74) is 4.23. The van der Waals surface area contributed by atoms with E-state index in [1.54, 1.807) is 60.7 Å². The third-order valence-electron chi connectivity index (χ3n) is 6.35. The van der Waals surface area contributed by atoms with Gasteiger partial charge in [0, 0.05) is 16.4 Å². The summed E-state index contributed by atoms with van der Waals surface area (Å²) < 4.78 is 0. The number of hydrazone groups is 1. The number of Topliss-reactive ketones (excluding diaryl/α,β-unsaturated/α-hetero) is 1. The molecular weight excluding hydrogens is 608 g/mol. The molecule has 14 heteroatoms. The Balaban J connectivity index is 0.000000260. The van der Waals surface area contributed by atoms with Crippen LogP contribution in [0.4, 0.5) is 5.82 Å². The van der Waals surface area contributed by atoms with Crippen LogP contribution in [-0.4, -0.2) is 39.2 Å². The van der Waals surface area contributed by atoms with Crippen LogP contribution in [0.1, 0.15) is 68.7 Å². The van der Waals surface area contributed by atoms with E-state index >= 15 is 0 Å². The number of hydrogen-bond acceptors (Lipinski definition) is 10. The molecule has 2 N–H and O–H groups in total. The number of amidine groups is 2. The molecule has 0 fully saturated rings. The Hall–Kier alpha value is -6.81. The molecule has 0 spiro atoms. The lowest BCUT2D eigenvalue weighted by atomic mass is 9.86. The molecule has 0 radical (unpaired) electrons. The molecule has 0 saturated carbocycles. The maximum absolute atomic E-state index is 12.2. The van der Waals surface area contributed by atoms with Gasteiger partial charge in [0.2, 0.25) is 17.4 Å². The van der Waals surface area contributed by atoms with Gasteiger partial charge in [0.25, 0.3) is 5.82 Å². The van der Waals surface area contributed by atoms with Crippen LogP contribution >= 0.6 is 0 Å². The van der Waals surface area contributed by atoms with Crippen molar-refractivity contribution in [2.75, 3.05) is 5.43 Å². The van der Waals surface area contributed by atoms with Gasteiger partial charge in [0.05, 0.1) is 17.0 Å². The largest absolute Gasteiger partial charge is 0.879 e. The SMILES string of the molecule is [C-]#[N+]/C(N=NC1=NN=C(C(C)(C)C)C1=C=[N-])=C(/[O-])c1ccccc1.[C-]#[N+]C(=NNc1n[nH]c(C(C)(C)C)c1C#N)C(=O)c1ccccc1. The molecule has 240 valence electrons. The second-order valence-electron chi connectivity index (χ2n) is 12.0.